The molecule has 1 saturated carbocycles. The Kier molecular flexibility index (Phi) is 4.24. The van der Waals surface area contributed by atoms with Gasteiger partial charge in [0.05, 0.1) is 0 Å². The minimum Gasteiger partial charge on any atom is -0.480 e. The van der Waals surface area contributed by atoms with Crippen molar-refractivity contribution in [1.29, 1.82) is 0 Å². The van der Waals surface area contributed by atoms with Gasteiger partial charge >= 0.3 is 12.0 Å². The van der Waals surface area contributed by atoms with Crippen LogP contribution in [0.5, 0.6) is 0 Å². The van der Waals surface area contributed by atoms with Gasteiger partial charge in [0.1, 0.15) is 6.04 Å². The van der Waals surface area contributed by atoms with E-state index in [9.17, 15) is 14.4 Å². The maximum atomic E-state index is 11.8. The summed E-state index contributed by atoms with van der Waals surface area (Å²) in [6, 6.07) is -1.09. The maximum Gasteiger partial charge on any atom is 0.326 e. The molecule has 0 aromatic heterocycles. The highest BCUT2D eigenvalue weighted by Gasteiger charge is 2.33. The second-order valence-corrected chi connectivity index (χ2v) is 4.99. The van der Waals surface area contributed by atoms with Crippen LogP contribution in [0.2, 0.25) is 0 Å². The maximum absolute atomic E-state index is 11.8. The Labute approximate surface area is 111 Å². The van der Waals surface area contributed by atoms with Gasteiger partial charge in [-0.25, -0.2) is 9.59 Å². The minimum absolute atomic E-state index is 0.0406. The zero-order valence-corrected chi connectivity index (χ0v) is 10.7. The fraction of sp³-hybridized carbons (Fsp3) is 0.750. The second-order valence-electron chi connectivity index (χ2n) is 4.99. The van der Waals surface area contributed by atoms with Crippen LogP contribution in [0.25, 0.3) is 0 Å². The number of hydrogen-bond acceptors (Lipinski definition) is 3. The summed E-state index contributed by atoms with van der Waals surface area (Å²) in [4.78, 5) is 35.4. The number of urea groups is 1. The first-order valence-electron chi connectivity index (χ1n) is 6.64. The molecular formula is C12H19N3O4. The SMILES string of the molecule is O=C(NCCNC(=O)N1CCCC1C(=O)O)C1CC1. The highest BCUT2D eigenvalue weighted by atomic mass is 16.4. The van der Waals surface area contributed by atoms with Gasteiger partial charge in [0, 0.05) is 25.6 Å². The molecule has 0 spiro atoms. The van der Waals surface area contributed by atoms with Gasteiger partial charge in [-0.1, -0.05) is 0 Å². The molecule has 0 aromatic carbocycles. The van der Waals surface area contributed by atoms with Crippen molar-refractivity contribution in [3.8, 4) is 0 Å². The molecule has 106 valence electrons. The smallest absolute Gasteiger partial charge is 0.326 e. The van der Waals surface area contributed by atoms with Crippen LogP contribution in [0.4, 0.5) is 4.79 Å². The third-order valence-electron chi connectivity index (χ3n) is 3.45. The lowest BCUT2D eigenvalue weighted by Gasteiger charge is -2.21. The Morgan fingerprint density at radius 3 is 2.42 bits per heavy atom. The Balaban J connectivity index is 1.66. The topological polar surface area (TPSA) is 98.7 Å². The molecule has 1 unspecified atom stereocenters. The molecule has 2 rings (SSSR count). The van der Waals surface area contributed by atoms with Crippen LogP contribution in [-0.4, -0.2) is 53.6 Å². The highest BCUT2D eigenvalue weighted by Crippen LogP contribution is 2.28. The number of amides is 3. The fourth-order valence-corrected chi connectivity index (χ4v) is 2.21. The number of carboxylic acids is 1. The zero-order valence-electron chi connectivity index (χ0n) is 10.7. The number of carbonyl (C=O) groups is 3. The summed E-state index contributed by atoms with van der Waals surface area (Å²) in [7, 11) is 0. The lowest BCUT2D eigenvalue weighted by molar-refractivity contribution is -0.141. The molecule has 7 heteroatoms. The van der Waals surface area contributed by atoms with Crippen molar-refractivity contribution in [2.45, 2.75) is 31.7 Å². The molecule has 1 saturated heterocycles. The summed E-state index contributed by atoms with van der Waals surface area (Å²) in [6.45, 7) is 1.17. The molecule has 0 bridgehead atoms. The standard InChI is InChI=1S/C12H19N3O4/c16-10(8-3-4-8)13-5-6-14-12(19)15-7-1-2-9(15)11(17)18/h8-9H,1-7H2,(H,13,16)(H,14,19)(H,17,18). The molecule has 3 amide bonds. The Morgan fingerprint density at radius 2 is 1.79 bits per heavy atom. The first kappa shape index (κ1) is 13.6. The van der Waals surface area contributed by atoms with Crippen molar-refractivity contribution in [3.05, 3.63) is 0 Å². The van der Waals surface area contributed by atoms with Crippen LogP contribution in [-0.2, 0) is 9.59 Å². The summed E-state index contributed by atoms with van der Waals surface area (Å²) in [5, 5.41) is 14.3. The molecule has 3 N–H and O–H groups in total. The van der Waals surface area contributed by atoms with Crippen LogP contribution >= 0.6 is 0 Å². The van der Waals surface area contributed by atoms with E-state index in [-0.39, 0.29) is 17.9 Å². The van der Waals surface area contributed by atoms with Crippen molar-refractivity contribution in [2.75, 3.05) is 19.6 Å². The van der Waals surface area contributed by atoms with Crippen LogP contribution < -0.4 is 10.6 Å². The van der Waals surface area contributed by atoms with E-state index in [0.717, 1.165) is 12.8 Å². The summed E-state index contributed by atoms with van der Waals surface area (Å²) in [6.07, 6.45) is 3.11. The number of hydrogen-bond donors (Lipinski definition) is 3. The number of rotatable bonds is 5. The van der Waals surface area contributed by atoms with Crippen molar-refractivity contribution in [3.63, 3.8) is 0 Å². The molecule has 2 aliphatic rings. The van der Waals surface area contributed by atoms with Crippen molar-refractivity contribution in [2.24, 2.45) is 5.92 Å². The van der Waals surface area contributed by atoms with E-state index in [4.69, 9.17) is 5.11 Å². The number of likely N-dealkylation sites (tertiary alicyclic amines) is 1. The largest absolute Gasteiger partial charge is 0.480 e. The van der Waals surface area contributed by atoms with Crippen molar-refractivity contribution >= 4 is 17.9 Å². The Hall–Kier alpha value is -1.79. The summed E-state index contributed by atoms with van der Waals surface area (Å²) < 4.78 is 0. The van der Waals surface area contributed by atoms with Crippen molar-refractivity contribution in [1.82, 2.24) is 15.5 Å². The number of carbonyl (C=O) groups excluding carboxylic acids is 2. The van der Waals surface area contributed by atoms with E-state index in [1.165, 1.54) is 4.90 Å². The quantitative estimate of drug-likeness (QED) is 0.600. The average molecular weight is 269 g/mol. The first-order chi connectivity index (χ1) is 9.09. The lowest BCUT2D eigenvalue weighted by atomic mass is 10.2. The van der Waals surface area contributed by atoms with Crippen LogP contribution in [0, 0.1) is 5.92 Å². The lowest BCUT2D eigenvalue weighted by Crippen LogP contribution is -2.47. The predicted octanol–water partition coefficient (Wildman–Crippen LogP) is -0.229. The molecule has 7 nitrogen and oxygen atoms in total. The highest BCUT2D eigenvalue weighted by molar-refractivity contribution is 5.83. The van der Waals surface area contributed by atoms with Crippen LogP contribution in [0.15, 0.2) is 0 Å². The molecular weight excluding hydrogens is 250 g/mol. The van der Waals surface area contributed by atoms with Gasteiger partial charge in [0.15, 0.2) is 0 Å². The number of carboxylic acid groups (broad SMARTS) is 1. The molecule has 0 aromatic rings. The normalized spacial score (nSPS) is 22.1. The Bertz CT molecular complexity index is 381. The van der Waals surface area contributed by atoms with Crippen molar-refractivity contribution < 1.29 is 19.5 Å². The first-order valence-corrected chi connectivity index (χ1v) is 6.64. The van der Waals surface area contributed by atoms with E-state index in [0.29, 0.717) is 32.5 Å². The monoisotopic (exact) mass is 269 g/mol. The minimum atomic E-state index is -0.963. The van der Waals surface area contributed by atoms with E-state index in [2.05, 4.69) is 10.6 Å². The third kappa shape index (κ3) is 3.59. The average Bonchev–Trinajstić information content (AvgIpc) is 3.10. The number of aliphatic carboxylic acids is 1. The van der Waals surface area contributed by atoms with Gasteiger partial charge in [0.25, 0.3) is 0 Å². The summed E-state index contributed by atoms with van der Waals surface area (Å²) in [5.74, 6) is -0.765. The fourth-order valence-electron chi connectivity index (χ4n) is 2.21. The molecule has 1 atom stereocenters. The van der Waals surface area contributed by atoms with E-state index in [1.807, 2.05) is 0 Å². The van der Waals surface area contributed by atoms with E-state index < -0.39 is 12.0 Å². The van der Waals surface area contributed by atoms with Crippen LogP contribution in [0.1, 0.15) is 25.7 Å². The van der Waals surface area contributed by atoms with E-state index in [1.54, 1.807) is 0 Å². The molecule has 2 fully saturated rings. The van der Waals surface area contributed by atoms with Gasteiger partial charge in [-0.3, -0.25) is 4.79 Å². The number of nitrogens with one attached hydrogen (secondary N) is 2. The molecule has 1 aliphatic carbocycles. The zero-order chi connectivity index (χ0) is 13.8. The van der Waals surface area contributed by atoms with Gasteiger partial charge < -0.3 is 20.6 Å². The summed E-state index contributed by atoms with van der Waals surface area (Å²) in [5.41, 5.74) is 0. The molecule has 1 heterocycles. The van der Waals surface area contributed by atoms with Crippen LogP contribution in [0.3, 0.4) is 0 Å². The molecule has 1 aliphatic heterocycles. The van der Waals surface area contributed by atoms with Gasteiger partial charge in [0.2, 0.25) is 5.91 Å². The predicted molar refractivity (Wildman–Crippen MR) is 66.5 cm³/mol. The molecule has 19 heavy (non-hydrogen) atoms. The summed E-state index contributed by atoms with van der Waals surface area (Å²) >= 11 is 0. The van der Waals surface area contributed by atoms with Gasteiger partial charge in [-0.05, 0) is 25.7 Å². The number of nitrogens with zero attached hydrogens (tertiary/aromatic N) is 1. The molecule has 0 radical (unpaired) electrons. The third-order valence-corrected chi connectivity index (χ3v) is 3.45. The Morgan fingerprint density at radius 1 is 1.11 bits per heavy atom. The van der Waals surface area contributed by atoms with Gasteiger partial charge in [-0.2, -0.15) is 0 Å². The van der Waals surface area contributed by atoms with E-state index >= 15 is 0 Å². The van der Waals surface area contributed by atoms with Gasteiger partial charge in [-0.15, -0.1) is 0 Å². The second kappa shape index (κ2) is 5.90.